The largest absolute Gasteiger partial charge is 0.495 e. The smallest absolute Gasteiger partial charge is 0.237 e. The number of carbonyl (C=O) groups is 1. The number of carbonyl (C=O) groups excluding carboxylic acids is 1. The first-order valence-corrected chi connectivity index (χ1v) is 8.29. The van der Waals surface area contributed by atoms with E-state index in [2.05, 4.69) is 15.5 Å². The Morgan fingerprint density at radius 1 is 1.43 bits per heavy atom. The van der Waals surface area contributed by atoms with Crippen molar-refractivity contribution in [3.05, 3.63) is 30.1 Å². The van der Waals surface area contributed by atoms with Crippen LogP contribution in [-0.4, -0.2) is 33.1 Å². The first-order valence-electron chi connectivity index (χ1n) is 7.41. The number of methoxy groups -OCH3 is 1. The predicted octanol–water partition coefficient (Wildman–Crippen LogP) is 2.00. The van der Waals surface area contributed by atoms with E-state index in [1.54, 1.807) is 26.2 Å². The van der Waals surface area contributed by atoms with Crippen LogP contribution < -0.4 is 15.9 Å². The molecule has 1 aliphatic rings. The fraction of sp³-hybridized carbons (Fsp3) is 0.400. The third-order valence-electron chi connectivity index (χ3n) is 3.65. The van der Waals surface area contributed by atoms with Gasteiger partial charge in [-0.15, -0.1) is 10.2 Å². The van der Waals surface area contributed by atoms with Crippen LogP contribution >= 0.6 is 11.8 Å². The van der Waals surface area contributed by atoms with Crippen LogP contribution in [0.3, 0.4) is 0 Å². The topological polar surface area (TPSA) is 95.1 Å². The molecule has 2 aromatic rings. The lowest BCUT2D eigenvalue weighted by Crippen LogP contribution is -2.24. The standard InChI is InChI=1S/C15H19N5O2S/c1-9(14(21)17-11-5-3-4-6-12(11)22-2)23-15-19-18-13(20(15)16)10-7-8-10/h3-6,9-10H,7-8,16H2,1-2H3,(H,17,21)/t9-/m1/s1. The molecule has 3 rings (SSSR count). The summed E-state index contributed by atoms with van der Waals surface area (Å²) in [5.74, 6) is 7.70. The van der Waals surface area contributed by atoms with E-state index >= 15 is 0 Å². The average Bonchev–Trinajstić information content (AvgIpc) is 3.33. The number of nitrogens with two attached hydrogens (primary N) is 1. The molecular formula is C15H19N5O2S. The van der Waals surface area contributed by atoms with E-state index in [-0.39, 0.29) is 11.2 Å². The van der Waals surface area contributed by atoms with Crippen molar-refractivity contribution in [2.45, 2.75) is 36.1 Å². The van der Waals surface area contributed by atoms with Gasteiger partial charge in [-0.1, -0.05) is 23.9 Å². The van der Waals surface area contributed by atoms with Crippen LogP contribution in [0.1, 0.15) is 31.5 Å². The number of amides is 1. The minimum Gasteiger partial charge on any atom is -0.495 e. The quantitative estimate of drug-likeness (QED) is 0.620. The van der Waals surface area contributed by atoms with Gasteiger partial charge in [0, 0.05) is 5.92 Å². The number of thioether (sulfide) groups is 1. The molecule has 1 amide bonds. The molecule has 23 heavy (non-hydrogen) atoms. The van der Waals surface area contributed by atoms with E-state index in [0.29, 0.717) is 22.5 Å². The number of benzene rings is 1. The number of anilines is 1. The molecule has 1 heterocycles. The molecule has 0 spiro atoms. The van der Waals surface area contributed by atoms with Gasteiger partial charge in [-0.05, 0) is 31.9 Å². The van der Waals surface area contributed by atoms with Gasteiger partial charge in [-0.25, -0.2) is 4.68 Å². The Hall–Kier alpha value is -2.22. The van der Waals surface area contributed by atoms with Gasteiger partial charge in [0.25, 0.3) is 0 Å². The molecule has 0 saturated heterocycles. The molecule has 0 unspecified atom stereocenters. The van der Waals surface area contributed by atoms with Crippen LogP contribution in [0, 0.1) is 0 Å². The highest BCUT2D eigenvalue weighted by molar-refractivity contribution is 8.00. The number of ether oxygens (including phenoxy) is 1. The van der Waals surface area contributed by atoms with Crippen LogP contribution in [0.4, 0.5) is 5.69 Å². The van der Waals surface area contributed by atoms with Crippen molar-refractivity contribution in [2.75, 3.05) is 18.3 Å². The first kappa shape index (κ1) is 15.7. The molecule has 0 aliphatic heterocycles. The highest BCUT2D eigenvalue weighted by atomic mass is 32.2. The molecule has 8 heteroatoms. The van der Waals surface area contributed by atoms with E-state index in [1.807, 2.05) is 12.1 Å². The van der Waals surface area contributed by atoms with Crippen molar-refractivity contribution < 1.29 is 9.53 Å². The van der Waals surface area contributed by atoms with Crippen molar-refractivity contribution in [3.8, 4) is 5.75 Å². The van der Waals surface area contributed by atoms with E-state index < -0.39 is 0 Å². The van der Waals surface area contributed by atoms with Gasteiger partial charge in [-0.2, -0.15) is 0 Å². The normalized spacial score (nSPS) is 15.2. The van der Waals surface area contributed by atoms with E-state index in [9.17, 15) is 4.79 Å². The number of hydrogen-bond donors (Lipinski definition) is 2. The molecule has 122 valence electrons. The maximum atomic E-state index is 12.4. The van der Waals surface area contributed by atoms with Gasteiger partial charge >= 0.3 is 0 Å². The van der Waals surface area contributed by atoms with E-state index in [0.717, 1.165) is 18.7 Å². The maximum absolute atomic E-state index is 12.4. The summed E-state index contributed by atoms with van der Waals surface area (Å²) in [6.07, 6.45) is 2.20. The van der Waals surface area contributed by atoms with Crippen LogP contribution in [0.15, 0.2) is 29.4 Å². The molecule has 0 radical (unpaired) electrons. The molecular weight excluding hydrogens is 314 g/mol. The van der Waals surface area contributed by atoms with Crippen molar-refractivity contribution in [3.63, 3.8) is 0 Å². The first-order chi connectivity index (χ1) is 11.1. The summed E-state index contributed by atoms with van der Waals surface area (Å²) >= 11 is 1.29. The minimum atomic E-state index is -0.363. The third-order valence-corrected chi connectivity index (χ3v) is 4.71. The number of nitrogens with one attached hydrogen (secondary N) is 1. The number of nitrogens with zero attached hydrogens (tertiary/aromatic N) is 3. The summed E-state index contributed by atoms with van der Waals surface area (Å²) < 4.78 is 6.73. The maximum Gasteiger partial charge on any atom is 0.237 e. The fourth-order valence-electron chi connectivity index (χ4n) is 2.18. The number of rotatable bonds is 6. The Kier molecular flexibility index (Phi) is 4.42. The number of para-hydroxylation sites is 2. The van der Waals surface area contributed by atoms with Gasteiger partial charge in [0.05, 0.1) is 18.0 Å². The Morgan fingerprint density at radius 2 is 2.17 bits per heavy atom. The van der Waals surface area contributed by atoms with Gasteiger partial charge in [0.15, 0.2) is 5.82 Å². The monoisotopic (exact) mass is 333 g/mol. The third kappa shape index (κ3) is 3.42. The number of nitrogen functional groups attached to an aromatic ring is 1. The summed E-state index contributed by atoms with van der Waals surface area (Å²) in [6, 6.07) is 7.29. The highest BCUT2D eigenvalue weighted by Crippen LogP contribution is 2.39. The van der Waals surface area contributed by atoms with Crippen molar-refractivity contribution >= 4 is 23.4 Å². The molecule has 1 atom stereocenters. The lowest BCUT2D eigenvalue weighted by atomic mass is 10.3. The second kappa shape index (κ2) is 6.49. The van der Waals surface area contributed by atoms with Gasteiger partial charge in [0.1, 0.15) is 5.75 Å². The Morgan fingerprint density at radius 3 is 2.87 bits per heavy atom. The average molecular weight is 333 g/mol. The van der Waals surface area contributed by atoms with Crippen molar-refractivity contribution in [1.29, 1.82) is 0 Å². The fourth-order valence-corrected chi connectivity index (χ4v) is 2.96. The lowest BCUT2D eigenvalue weighted by Gasteiger charge is -2.13. The molecule has 1 aromatic carbocycles. The summed E-state index contributed by atoms with van der Waals surface area (Å²) in [6.45, 7) is 1.81. The van der Waals surface area contributed by atoms with Crippen LogP contribution in [0.5, 0.6) is 5.75 Å². The number of aromatic nitrogens is 3. The van der Waals surface area contributed by atoms with Crippen molar-refractivity contribution in [1.82, 2.24) is 14.9 Å². The van der Waals surface area contributed by atoms with E-state index in [1.165, 1.54) is 16.4 Å². The molecule has 7 nitrogen and oxygen atoms in total. The highest BCUT2D eigenvalue weighted by Gasteiger charge is 2.30. The zero-order valence-electron chi connectivity index (χ0n) is 13.0. The van der Waals surface area contributed by atoms with E-state index in [4.69, 9.17) is 10.6 Å². The molecule has 1 aliphatic carbocycles. The second-order valence-corrected chi connectivity index (χ2v) is 6.74. The summed E-state index contributed by atoms with van der Waals surface area (Å²) in [5, 5.41) is 11.3. The van der Waals surface area contributed by atoms with Crippen molar-refractivity contribution in [2.24, 2.45) is 0 Å². The summed E-state index contributed by atoms with van der Waals surface area (Å²) in [5.41, 5.74) is 0.639. The molecule has 3 N–H and O–H groups in total. The Bertz CT molecular complexity index is 714. The Balaban J connectivity index is 1.65. The Labute approximate surface area is 138 Å². The number of hydrogen-bond acceptors (Lipinski definition) is 6. The summed E-state index contributed by atoms with van der Waals surface area (Å²) in [7, 11) is 1.57. The molecule has 1 aromatic heterocycles. The van der Waals surface area contributed by atoms with Crippen LogP contribution in [0.2, 0.25) is 0 Å². The zero-order chi connectivity index (χ0) is 16.4. The SMILES string of the molecule is COc1ccccc1NC(=O)[C@@H](C)Sc1nnc(C2CC2)n1N. The molecule has 1 saturated carbocycles. The second-order valence-electron chi connectivity index (χ2n) is 5.43. The lowest BCUT2D eigenvalue weighted by molar-refractivity contribution is -0.115. The van der Waals surface area contributed by atoms with Gasteiger partial charge in [-0.3, -0.25) is 4.79 Å². The minimum absolute atomic E-state index is 0.143. The predicted molar refractivity (Wildman–Crippen MR) is 89.1 cm³/mol. The van der Waals surface area contributed by atoms with Gasteiger partial charge in [0.2, 0.25) is 11.1 Å². The van der Waals surface area contributed by atoms with Gasteiger partial charge < -0.3 is 15.9 Å². The molecule has 0 bridgehead atoms. The van der Waals surface area contributed by atoms with Crippen LogP contribution in [-0.2, 0) is 4.79 Å². The molecule has 1 fully saturated rings. The summed E-state index contributed by atoms with van der Waals surface area (Å²) in [4.78, 5) is 12.4. The van der Waals surface area contributed by atoms with Crippen LogP contribution in [0.25, 0.3) is 0 Å². The zero-order valence-corrected chi connectivity index (χ0v) is 13.8.